The number of carbonyl (C=O) groups excluding carboxylic acids is 1. The lowest BCUT2D eigenvalue weighted by atomic mass is 9.82. The molecule has 0 radical (unpaired) electrons. The second kappa shape index (κ2) is 14.5. The Hall–Kier alpha value is -6.79. The van der Waals surface area contributed by atoms with Crippen LogP contribution < -0.4 is 14.4 Å². The average Bonchev–Trinajstić information content (AvgIpc) is 3.24. The summed E-state index contributed by atoms with van der Waals surface area (Å²) in [6, 6.07) is 48.6. The van der Waals surface area contributed by atoms with Crippen LogP contribution in [-0.4, -0.2) is 29.3 Å². The highest BCUT2D eigenvalue weighted by atomic mass is 16.5. The van der Waals surface area contributed by atoms with E-state index in [-0.39, 0.29) is 11.5 Å². The highest BCUT2D eigenvalue weighted by Crippen LogP contribution is 2.47. The van der Waals surface area contributed by atoms with Crippen LogP contribution in [-0.2, 0) is 5.60 Å². The molecule has 0 amide bonds. The van der Waals surface area contributed by atoms with Gasteiger partial charge in [-0.15, -0.1) is 0 Å². The van der Waals surface area contributed by atoms with Crippen LogP contribution in [0.15, 0.2) is 158 Å². The minimum absolute atomic E-state index is 0.0918. The van der Waals surface area contributed by atoms with Crippen molar-refractivity contribution in [3.63, 3.8) is 0 Å². The van der Waals surface area contributed by atoms with Crippen LogP contribution in [0.3, 0.4) is 0 Å². The molecule has 1 atom stereocenters. The van der Waals surface area contributed by atoms with Gasteiger partial charge in [-0.25, -0.2) is 4.79 Å². The molecule has 0 aliphatic carbocycles. The summed E-state index contributed by atoms with van der Waals surface area (Å²) >= 11 is 0. The Kier molecular flexibility index (Phi) is 9.02. The van der Waals surface area contributed by atoms with E-state index in [0.717, 1.165) is 74.5 Å². The summed E-state index contributed by atoms with van der Waals surface area (Å²) < 4.78 is 12.8. The molecule has 2 aliphatic rings. The van der Waals surface area contributed by atoms with Crippen LogP contribution in [0.5, 0.6) is 23.0 Å². The topological polar surface area (TPSA) is 79.2 Å². The summed E-state index contributed by atoms with van der Waals surface area (Å²) in [7, 11) is 0. The van der Waals surface area contributed by atoms with Crippen molar-refractivity contribution in [2.45, 2.75) is 25.4 Å². The van der Waals surface area contributed by atoms with E-state index in [1.165, 1.54) is 42.8 Å². The fourth-order valence-electron chi connectivity index (χ4n) is 7.97. The standard InChI is InChI=1S/C50H41NO5/c1-33-27-30-51(31-28-33)40-18-14-38(15-19-40)50(39-16-22-42(53)23-17-39)29-26-46-44-4-2-3-5-45(44)47(32-48(46)56-50)36-8-6-34(7-9-36)35-12-24-43(25-13-35)55-49(54)37-10-20-41(52)21-11-37/h2-26,29,32-33,52-53H,27-28,30-31H2,1H3. The SMILES string of the molecule is CC1CCN(c2ccc(C3(c4ccc(O)cc4)C=Cc4c(cc(-c5ccc(-c6ccc(OC(=O)c7ccc(O)cc7)cc6)cc5)c5ccccc45)O3)cc2)CC1. The van der Waals surface area contributed by atoms with Crippen molar-refractivity contribution in [3.05, 3.63) is 180 Å². The largest absolute Gasteiger partial charge is 0.508 e. The summed E-state index contributed by atoms with van der Waals surface area (Å²) in [6.07, 6.45) is 6.75. The normalized spacial score (nSPS) is 16.6. The van der Waals surface area contributed by atoms with Gasteiger partial charge in [-0.05, 0) is 131 Å². The van der Waals surface area contributed by atoms with E-state index in [0.29, 0.717) is 11.3 Å². The lowest BCUT2D eigenvalue weighted by Gasteiger charge is -2.37. The number of aromatic hydroxyl groups is 2. The number of hydrogen-bond donors (Lipinski definition) is 2. The van der Waals surface area contributed by atoms with Crippen molar-refractivity contribution >= 4 is 28.5 Å². The number of phenols is 2. The number of hydrogen-bond acceptors (Lipinski definition) is 6. The van der Waals surface area contributed by atoms with Crippen molar-refractivity contribution in [2.75, 3.05) is 18.0 Å². The Balaban J connectivity index is 1.03. The molecule has 1 saturated heterocycles. The van der Waals surface area contributed by atoms with Crippen molar-refractivity contribution in [1.29, 1.82) is 0 Å². The van der Waals surface area contributed by atoms with Gasteiger partial charge in [0, 0.05) is 35.5 Å². The molecule has 6 nitrogen and oxygen atoms in total. The predicted molar refractivity (Wildman–Crippen MR) is 223 cm³/mol. The highest BCUT2D eigenvalue weighted by molar-refractivity contribution is 6.03. The molecular formula is C50H41NO5. The first-order valence-electron chi connectivity index (χ1n) is 19.1. The van der Waals surface area contributed by atoms with Crippen LogP contribution >= 0.6 is 0 Å². The quantitative estimate of drug-likeness (QED) is 0.125. The lowest BCUT2D eigenvalue weighted by Crippen LogP contribution is -2.35. The van der Waals surface area contributed by atoms with Gasteiger partial charge in [0.15, 0.2) is 5.60 Å². The molecule has 0 bridgehead atoms. The third-order valence-corrected chi connectivity index (χ3v) is 11.2. The number of ether oxygens (including phenoxy) is 2. The van der Waals surface area contributed by atoms with E-state index in [2.05, 4.69) is 103 Å². The van der Waals surface area contributed by atoms with Crippen LogP contribution in [0.25, 0.3) is 39.1 Å². The molecule has 0 spiro atoms. The van der Waals surface area contributed by atoms with Crippen molar-refractivity contribution in [3.8, 4) is 45.3 Å². The molecule has 2 heterocycles. The van der Waals surface area contributed by atoms with E-state index in [9.17, 15) is 15.0 Å². The molecule has 56 heavy (non-hydrogen) atoms. The molecule has 0 aromatic heterocycles. The smallest absolute Gasteiger partial charge is 0.343 e. The first-order valence-corrected chi connectivity index (χ1v) is 19.1. The number of esters is 1. The summed E-state index contributed by atoms with van der Waals surface area (Å²) in [5.74, 6) is 1.80. The first-order chi connectivity index (χ1) is 27.3. The zero-order chi connectivity index (χ0) is 38.2. The Labute approximate surface area is 326 Å². The van der Waals surface area contributed by atoms with E-state index in [1.807, 2.05) is 24.3 Å². The maximum absolute atomic E-state index is 12.6. The van der Waals surface area contributed by atoms with Crippen molar-refractivity contribution < 1.29 is 24.5 Å². The van der Waals surface area contributed by atoms with E-state index < -0.39 is 11.6 Å². The molecule has 9 rings (SSSR count). The molecule has 1 unspecified atom stereocenters. The number of rotatable bonds is 7. The average molecular weight is 736 g/mol. The minimum atomic E-state index is -0.913. The summed E-state index contributed by atoms with van der Waals surface area (Å²) in [6.45, 7) is 4.47. The van der Waals surface area contributed by atoms with Gasteiger partial charge in [0.25, 0.3) is 0 Å². The third kappa shape index (κ3) is 6.64. The zero-order valence-corrected chi connectivity index (χ0v) is 31.1. The molecule has 0 saturated carbocycles. The molecule has 2 N–H and O–H groups in total. The van der Waals surface area contributed by atoms with Crippen molar-refractivity contribution in [2.24, 2.45) is 5.92 Å². The van der Waals surface area contributed by atoms with Gasteiger partial charge in [0.05, 0.1) is 5.56 Å². The molecule has 7 aromatic rings. The van der Waals surface area contributed by atoms with E-state index >= 15 is 0 Å². The zero-order valence-electron chi connectivity index (χ0n) is 31.1. The van der Waals surface area contributed by atoms with Gasteiger partial charge in [-0.1, -0.05) is 91.9 Å². The van der Waals surface area contributed by atoms with Crippen LogP contribution in [0.2, 0.25) is 0 Å². The van der Waals surface area contributed by atoms with Crippen LogP contribution in [0.1, 0.15) is 46.8 Å². The number of phenolic OH excluding ortho intramolecular Hbond substituents is 2. The number of piperidine rings is 1. The van der Waals surface area contributed by atoms with Crippen LogP contribution in [0, 0.1) is 5.92 Å². The molecule has 6 heteroatoms. The van der Waals surface area contributed by atoms with Gasteiger partial charge in [0.2, 0.25) is 0 Å². The third-order valence-electron chi connectivity index (χ3n) is 11.2. The summed E-state index contributed by atoms with van der Waals surface area (Å²) in [5, 5.41) is 22.0. The maximum Gasteiger partial charge on any atom is 0.343 e. The Morgan fingerprint density at radius 1 is 0.679 bits per heavy atom. The molecule has 2 aliphatic heterocycles. The predicted octanol–water partition coefficient (Wildman–Crippen LogP) is 11.4. The Bertz CT molecular complexity index is 2550. The van der Waals surface area contributed by atoms with Gasteiger partial charge in [-0.3, -0.25) is 0 Å². The van der Waals surface area contributed by atoms with Crippen molar-refractivity contribution in [1.82, 2.24) is 0 Å². The summed E-state index contributed by atoms with van der Waals surface area (Å²) in [5.41, 5.74) is 7.78. The van der Waals surface area contributed by atoms with E-state index in [1.54, 1.807) is 24.3 Å². The lowest BCUT2D eigenvalue weighted by molar-refractivity contribution is 0.0734. The molecule has 1 fully saturated rings. The fraction of sp³-hybridized carbons (Fsp3) is 0.140. The molecule has 7 aromatic carbocycles. The number of fused-ring (bicyclic) bond motifs is 3. The highest BCUT2D eigenvalue weighted by Gasteiger charge is 2.38. The van der Waals surface area contributed by atoms with E-state index in [4.69, 9.17) is 9.47 Å². The second-order valence-electron chi connectivity index (χ2n) is 14.9. The summed E-state index contributed by atoms with van der Waals surface area (Å²) in [4.78, 5) is 15.0. The van der Waals surface area contributed by atoms with Gasteiger partial charge >= 0.3 is 5.97 Å². The number of nitrogens with zero attached hydrogens (tertiary/aromatic N) is 1. The first kappa shape index (κ1) is 34.9. The Morgan fingerprint density at radius 3 is 1.88 bits per heavy atom. The maximum atomic E-state index is 12.6. The van der Waals surface area contributed by atoms with Gasteiger partial charge < -0.3 is 24.6 Å². The second-order valence-corrected chi connectivity index (χ2v) is 14.9. The molecule has 276 valence electrons. The monoisotopic (exact) mass is 735 g/mol. The minimum Gasteiger partial charge on any atom is -0.508 e. The van der Waals surface area contributed by atoms with Gasteiger partial charge in [0.1, 0.15) is 23.0 Å². The Morgan fingerprint density at radius 2 is 1.23 bits per heavy atom. The van der Waals surface area contributed by atoms with Gasteiger partial charge in [-0.2, -0.15) is 0 Å². The molecular weight excluding hydrogens is 695 g/mol. The fourth-order valence-corrected chi connectivity index (χ4v) is 7.97. The number of benzene rings is 7. The van der Waals surface area contributed by atoms with Crippen LogP contribution in [0.4, 0.5) is 5.69 Å². The number of anilines is 1. The number of carbonyl (C=O) groups is 1.